The molecule has 0 radical (unpaired) electrons. The molecule has 0 aliphatic rings. The number of carbonyl (C=O) groups is 2. The highest BCUT2D eigenvalue weighted by Gasteiger charge is 2.27. The summed E-state index contributed by atoms with van der Waals surface area (Å²) in [6.45, 7) is 1.68. The van der Waals surface area contributed by atoms with Crippen LogP contribution >= 0.6 is 0 Å². The molecule has 0 aromatic heterocycles. The molecule has 0 saturated carbocycles. The van der Waals surface area contributed by atoms with E-state index in [9.17, 15) is 14.0 Å². The van der Waals surface area contributed by atoms with E-state index in [2.05, 4.69) is 10.1 Å². The highest BCUT2D eigenvalue weighted by atomic mass is 19.1. The van der Waals surface area contributed by atoms with Gasteiger partial charge in [0.05, 0.1) is 19.6 Å². The van der Waals surface area contributed by atoms with Gasteiger partial charge in [-0.05, 0) is 17.7 Å². The van der Waals surface area contributed by atoms with Gasteiger partial charge in [0.2, 0.25) is 5.91 Å². The summed E-state index contributed by atoms with van der Waals surface area (Å²) in [6.07, 6.45) is 0.143. The summed E-state index contributed by atoms with van der Waals surface area (Å²) < 4.78 is 17.4. The molecular weight excluding hydrogens is 275 g/mol. The van der Waals surface area contributed by atoms with E-state index in [1.54, 1.807) is 6.92 Å². The van der Waals surface area contributed by atoms with Crippen molar-refractivity contribution in [2.75, 3.05) is 7.11 Å². The average molecular weight is 292 g/mol. The van der Waals surface area contributed by atoms with E-state index in [1.807, 2.05) is 6.07 Å². The number of hydrogen-bond acceptors (Lipinski definition) is 4. The number of esters is 1. The number of methoxy groups -OCH3 is 1. The van der Waals surface area contributed by atoms with Crippen LogP contribution in [0, 0.1) is 23.1 Å². The van der Waals surface area contributed by atoms with Gasteiger partial charge in [-0.25, -0.2) is 9.18 Å². The monoisotopic (exact) mass is 292 g/mol. The molecule has 0 heterocycles. The molecule has 0 saturated heterocycles. The third-order valence-electron chi connectivity index (χ3n) is 3.03. The van der Waals surface area contributed by atoms with Crippen molar-refractivity contribution in [3.8, 4) is 6.07 Å². The molecule has 21 heavy (non-hydrogen) atoms. The third kappa shape index (κ3) is 5.22. The van der Waals surface area contributed by atoms with Crippen molar-refractivity contribution in [3.63, 3.8) is 0 Å². The Morgan fingerprint density at radius 3 is 2.52 bits per heavy atom. The lowest BCUT2D eigenvalue weighted by molar-refractivity contribution is -0.146. The van der Waals surface area contributed by atoms with Gasteiger partial charge in [-0.15, -0.1) is 0 Å². The predicted octanol–water partition coefficient (Wildman–Crippen LogP) is 1.58. The summed E-state index contributed by atoms with van der Waals surface area (Å²) >= 11 is 0. The molecule has 1 aromatic carbocycles. The Bertz CT molecular complexity index is 537. The molecule has 0 unspecified atom stereocenters. The van der Waals surface area contributed by atoms with Crippen LogP contribution in [0.3, 0.4) is 0 Å². The molecule has 1 amide bonds. The van der Waals surface area contributed by atoms with Crippen LogP contribution in [0.2, 0.25) is 0 Å². The van der Waals surface area contributed by atoms with Gasteiger partial charge in [0.25, 0.3) is 0 Å². The zero-order valence-electron chi connectivity index (χ0n) is 11.9. The SMILES string of the molecule is COC(=O)[C@@H](NC(=O)Cc1ccc(F)cc1)[C@H](C)CC#N. The standard InChI is InChI=1S/C15H17FN2O3/c1-10(7-8-17)14(15(20)21-2)18-13(19)9-11-3-5-12(16)6-4-11/h3-6,10,14H,7,9H2,1-2H3,(H,18,19)/t10-,14+/m1/s1. The van der Waals surface area contributed by atoms with Crippen molar-refractivity contribution in [1.29, 1.82) is 5.26 Å². The summed E-state index contributed by atoms with van der Waals surface area (Å²) in [4.78, 5) is 23.6. The second kappa shape index (κ2) is 8.00. The van der Waals surface area contributed by atoms with Crippen molar-refractivity contribution in [3.05, 3.63) is 35.6 Å². The topological polar surface area (TPSA) is 79.2 Å². The first kappa shape index (κ1) is 16.6. The van der Waals surface area contributed by atoms with Crippen LogP contribution in [-0.2, 0) is 20.7 Å². The van der Waals surface area contributed by atoms with E-state index in [-0.39, 0.29) is 30.5 Å². The Balaban J connectivity index is 2.69. The van der Waals surface area contributed by atoms with Crippen molar-refractivity contribution >= 4 is 11.9 Å². The highest BCUT2D eigenvalue weighted by Crippen LogP contribution is 2.10. The second-order valence-corrected chi connectivity index (χ2v) is 4.71. The lowest BCUT2D eigenvalue weighted by Gasteiger charge is -2.21. The molecule has 6 heteroatoms. The molecule has 0 fully saturated rings. The summed E-state index contributed by atoms with van der Waals surface area (Å²) in [5.41, 5.74) is 0.630. The molecule has 112 valence electrons. The average Bonchev–Trinajstić information content (AvgIpc) is 2.46. The number of nitrogens with zero attached hydrogens (tertiary/aromatic N) is 1. The maximum atomic E-state index is 12.8. The summed E-state index contributed by atoms with van der Waals surface area (Å²) in [5, 5.41) is 11.2. The Morgan fingerprint density at radius 1 is 1.38 bits per heavy atom. The second-order valence-electron chi connectivity index (χ2n) is 4.71. The van der Waals surface area contributed by atoms with Crippen LogP contribution < -0.4 is 5.32 Å². The first-order valence-corrected chi connectivity index (χ1v) is 6.46. The lowest BCUT2D eigenvalue weighted by atomic mass is 9.98. The van der Waals surface area contributed by atoms with E-state index in [1.165, 1.54) is 31.4 Å². The number of carbonyl (C=O) groups excluding carboxylic acids is 2. The maximum Gasteiger partial charge on any atom is 0.328 e. The van der Waals surface area contributed by atoms with Crippen LogP contribution in [0.4, 0.5) is 4.39 Å². The van der Waals surface area contributed by atoms with Crippen LogP contribution in [0.15, 0.2) is 24.3 Å². The smallest absolute Gasteiger partial charge is 0.328 e. The quantitative estimate of drug-likeness (QED) is 0.807. The fourth-order valence-electron chi connectivity index (χ4n) is 1.83. The van der Waals surface area contributed by atoms with Crippen molar-refractivity contribution in [1.82, 2.24) is 5.32 Å². The molecule has 5 nitrogen and oxygen atoms in total. The normalized spacial score (nSPS) is 12.9. The van der Waals surface area contributed by atoms with E-state index in [0.717, 1.165) is 0 Å². The molecule has 1 N–H and O–H groups in total. The maximum absolute atomic E-state index is 12.8. The number of amides is 1. The number of ether oxygens (including phenoxy) is 1. The third-order valence-corrected chi connectivity index (χ3v) is 3.03. The number of rotatable bonds is 6. The minimum Gasteiger partial charge on any atom is -0.467 e. The molecule has 1 aromatic rings. The van der Waals surface area contributed by atoms with Gasteiger partial charge < -0.3 is 10.1 Å². The zero-order valence-corrected chi connectivity index (χ0v) is 11.9. The van der Waals surface area contributed by atoms with Crippen LogP contribution in [0.5, 0.6) is 0 Å². The Labute approximate surface area is 122 Å². The first-order chi connectivity index (χ1) is 9.97. The summed E-state index contributed by atoms with van der Waals surface area (Å²) in [7, 11) is 1.22. The van der Waals surface area contributed by atoms with Crippen LogP contribution in [0.25, 0.3) is 0 Å². The number of halogens is 1. The fraction of sp³-hybridized carbons (Fsp3) is 0.400. The van der Waals surface area contributed by atoms with Gasteiger partial charge in [-0.1, -0.05) is 19.1 Å². The number of benzene rings is 1. The first-order valence-electron chi connectivity index (χ1n) is 6.46. The van der Waals surface area contributed by atoms with E-state index in [0.29, 0.717) is 5.56 Å². The molecule has 0 spiro atoms. The van der Waals surface area contributed by atoms with Crippen molar-refractivity contribution in [2.45, 2.75) is 25.8 Å². The largest absolute Gasteiger partial charge is 0.467 e. The summed E-state index contributed by atoms with van der Waals surface area (Å²) in [5.74, 6) is -1.72. The fourth-order valence-corrected chi connectivity index (χ4v) is 1.83. The number of nitriles is 1. The zero-order chi connectivity index (χ0) is 15.8. The van der Waals surface area contributed by atoms with Crippen LogP contribution in [0.1, 0.15) is 18.9 Å². The summed E-state index contributed by atoms with van der Waals surface area (Å²) in [6, 6.07) is 6.61. The Kier molecular flexibility index (Phi) is 6.34. The predicted molar refractivity (Wildman–Crippen MR) is 73.4 cm³/mol. The van der Waals surface area contributed by atoms with Crippen molar-refractivity contribution < 1.29 is 18.7 Å². The number of hydrogen-bond donors (Lipinski definition) is 1. The number of nitrogens with one attached hydrogen (secondary N) is 1. The molecule has 0 aliphatic carbocycles. The highest BCUT2D eigenvalue weighted by molar-refractivity contribution is 5.85. The van der Waals surface area contributed by atoms with Gasteiger partial charge in [-0.3, -0.25) is 4.79 Å². The van der Waals surface area contributed by atoms with Gasteiger partial charge in [0, 0.05) is 12.3 Å². The molecular formula is C15H17FN2O3. The molecule has 1 rings (SSSR count). The van der Waals surface area contributed by atoms with Gasteiger partial charge in [0.15, 0.2) is 0 Å². The minimum absolute atomic E-state index is 0.0209. The minimum atomic E-state index is -0.873. The van der Waals surface area contributed by atoms with E-state index in [4.69, 9.17) is 5.26 Å². The van der Waals surface area contributed by atoms with Gasteiger partial charge >= 0.3 is 5.97 Å². The van der Waals surface area contributed by atoms with Gasteiger partial charge in [0.1, 0.15) is 11.9 Å². The molecule has 0 aliphatic heterocycles. The van der Waals surface area contributed by atoms with E-state index < -0.39 is 12.0 Å². The van der Waals surface area contributed by atoms with Crippen molar-refractivity contribution in [2.24, 2.45) is 5.92 Å². The van der Waals surface area contributed by atoms with Crippen LogP contribution in [-0.4, -0.2) is 25.0 Å². The molecule has 2 atom stereocenters. The Morgan fingerprint density at radius 2 is 2.00 bits per heavy atom. The Hall–Kier alpha value is -2.42. The lowest BCUT2D eigenvalue weighted by Crippen LogP contribution is -2.46. The van der Waals surface area contributed by atoms with Gasteiger partial charge in [-0.2, -0.15) is 5.26 Å². The molecule has 0 bridgehead atoms. The van der Waals surface area contributed by atoms with E-state index >= 15 is 0 Å².